The Hall–Kier alpha value is -1.96. The lowest BCUT2D eigenvalue weighted by molar-refractivity contribution is 0.0951. The highest BCUT2D eigenvalue weighted by Crippen LogP contribution is 2.23. The SMILES string of the molecule is CC(C)N(C)S(=O)(=O)c1ccc(Cl)c(C(=O)NCc2cccnc2)c1. The van der Waals surface area contributed by atoms with Gasteiger partial charge in [0.05, 0.1) is 15.5 Å². The van der Waals surface area contributed by atoms with Crippen LogP contribution in [0.3, 0.4) is 0 Å². The molecule has 0 bridgehead atoms. The summed E-state index contributed by atoms with van der Waals surface area (Å²) in [6, 6.07) is 7.51. The van der Waals surface area contributed by atoms with Crippen LogP contribution in [-0.4, -0.2) is 36.7 Å². The second-order valence-corrected chi connectivity index (χ2v) is 8.21. The summed E-state index contributed by atoms with van der Waals surface area (Å²) in [6.07, 6.45) is 3.28. The van der Waals surface area contributed by atoms with Gasteiger partial charge in [-0.25, -0.2) is 8.42 Å². The van der Waals surface area contributed by atoms with Gasteiger partial charge in [-0.15, -0.1) is 0 Å². The lowest BCUT2D eigenvalue weighted by Gasteiger charge is -2.21. The Labute approximate surface area is 152 Å². The maximum absolute atomic E-state index is 12.6. The predicted octanol–water partition coefficient (Wildman–Crippen LogP) is 2.69. The van der Waals surface area contributed by atoms with E-state index in [1.165, 1.54) is 29.6 Å². The molecule has 134 valence electrons. The molecule has 0 atom stereocenters. The zero-order valence-corrected chi connectivity index (χ0v) is 15.8. The molecule has 0 aliphatic rings. The van der Waals surface area contributed by atoms with E-state index in [4.69, 9.17) is 11.6 Å². The average molecular weight is 382 g/mol. The minimum Gasteiger partial charge on any atom is -0.348 e. The van der Waals surface area contributed by atoms with Crippen LogP contribution in [0.15, 0.2) is 47.6 Å². The molecule has 2 rings (SSSR count). The molecule has 0 saturated carbocycles. The first-order valence-corrected chi connectivity index (χ1v) is 9.50. The molecule has 2 aromatic rings. The maximum atomic E-state index is 12.6. The number of hydrogen-bond donors (Lipinski definition) is 1. The highest BCUT2D eigenvalue weighted by Gasteiger charge is 2.25. The molecule has 8 heteroatoms. The van der Waals surface area contributed by atoms with Crippen LogP contribution in [0.5, 0.6) is 0 Å². The molecule has 0 aliphatic carbocycles. The molecule has 1 heterocycles. The van der Waals surface area contributed by atoms with Crippen LogP contribution in [0.25, 0.3) is 0 Å². The Morgan fingerprint density at radius 2 is 2.04 bits per heavy atom. The van der Waals surface area contributed by atoms with Crippen LogP contribution in [0.4, 0.5) is 0 Å². The average Bonchev–Trinajstić information content (AvgIpc) is 2.60. The number of nitrogens with one attached hydrogen (secondary N) is 1. The molecule has 0 radical (unpaired) electrons. The molecule has 0 spiro atoms. The third-order valence-electron chi connectivity index (χ3n) is 3.76. The fourth-order valence-electron chi connectivity index (χ4n) is 2.06. The van der Waals surface area contributed by atoms with E-state index in [9.17, 15) is 13.2 Å². The number of pyridine rings is 1. The highest BCUT2D eigenvalue weighted by molar-refractivity contribution is 7.89. The Kier molecular flexibility index (Phi) is 6.16. The molecular formula is C17H20ClN3O3S. The van der Waals surface area contributed by atoms with E-state index in [1.54, 1.807) is 32.3 Å². The van der Waals surface area contributed by atoms with E-state index in [1.807, 2.05) is 6.07 Å². The van der Waals surface area contributed by atoms with Gasteiger partial charge < -0.3 is 5.32 Å². The van der Waals surface area contributed by atoms with Crippen LogP contribution < -0.4 is 5.32 Å². The van der Waals surface area contributed by atoms with Gasteiger partial charge in [0.25, 0.3) is 5.91 Å². The summed E-state index contributed by atoms with van der Waals surface area (Å²) in [6.45, 7) is 3.82. The smallest absolute Gasteiger partial charge is 0.253 e. The molecule has 25 heavy (non-hydrogen) atoms. The zero-order valence-electron chi connectivity index (χ0n) is 14.2. The van der Waals surface area contributed by atoms with E-state index < -0.39 is 15.9 Å². The van der Waals surface area contributed by atoms with Crippen LogP contribution in [-0.2, 0) is 16.6 Å². The van der Waals surface area contributed by atoms with E-state index >= 15 is 0 Å². The number of sulfonamides is 1. The lowest BCUT2D eigenvalue weighted by Crippen LogP contribution is -2.33. The third kappa shape index (κ3) is 4.56. The first kappa shape index (κ1) is 19.4. The topological polar surface area (TPSA) is 79.4 Å². The van der Waals surface area contributed by atoms with Crippen LogP contribution in [0.2, 0.25) is 5.02 Å². The number of aromatic nitrogens is 1. The van der Waals surface area contributed by atoms with Crippen LogP contribution >= 0.6 is 11.6 Å². The van der Waals surface area contributed by atoms with Crippen molar-refractivity contribution >= 4 is 27.5 Å². The van der Waals surface area contributed by atoms with Gasteiger partial charge in [-0.05, 0) is 43.7 Å². The summed E-state index contributed by atoms with van der Waals surface area (Å²) >= 11 is 6.08. The van der Waals surface area contributed by atoms with Gasteiger partial charge >= 0.3 is 0 Å². The van der Waals surface area contributed by atoms with E-state index in [-0.39, 0.29) is 28.1 Å². The molecule has 1 aromatic heterocycles. The lowest BCUT2D eigenvalue weighted by atomic mass is 10.2. The van der Waals surface area contributed by atoms with Crippen molar-refractivity contribution in [3.05, 3.63) is 58.9 Å². The van der Waals surface area contributed by atoms with Crippen LogP contribution in [0, 0.1) is 0 Å². The summed E-state index contributed by atoms with van der Waals surface area (Å²) < 4.78 is 26.4. The van der Waals surface area contributed by atoms with Gasteiger partial charge in [-0.2, -0.15) is 4.31 Å². The zero-order chi connectivity index (χ0) is 18.6. The van der Waals surface area contributed by atoms with Crippen molar-refractivity contribution in [1.82, 2.24) is 14.6 Å². The van der Waals surface area contributed by atoms with Crippen molar-refractivity contribution in [2.45, 2.75) is 31.3 Å². The number of rotatable bonds is 6. The van der Waals surface area contributed by atoms with E-state index in [0.29, 0.717) is 0 Å². The summed E-state index contributed by atoms with van der Waals surface area (Å²) in [7, 11) is -2.20. The van der Waals surface area contributed by atoms with Crippen molar-refractivity contribution in [3.63, 3.8) is 0 Å². The third-order valence-corrected chi connectivity index (χ3v) is 6.12. The minimum atomic E-state index is -3.69. The molecule has 1 N–H and O–H groups in total. The number of carbonyl (C=O) groups excluding carboxylic acids is 1. The van der Waals surface area contributed by atoms with Crippen molar-refractivity contribution in [2.24, 2.45) is 0 Å². The number of nitrogens with zero attached hydrogens (tertiary/aromatic N) is 2. The van der Waals surface area contributed by atoms with Gasteiger partial charge in [0, 0.05) is 32.0 Å². The fourth-order valence-corrected chi connectivity index (χ4v) is 3.66. The summed E-state index contributed by atoms with van der Waals surface area (Å²) in [5, 5.41) is 2.90. The highest BCUT2D eigenvalue weighted by atomic mass is 35.5. The molecule has 6 nitrogen and oxygen atoms in total. The monoisotopic (exact) mass is 381 g/mol. The molecule has 1 aromatic carbocycles. The second-order valence-electron chi connectivity index (χ2n) is 5.80. The summed E-state index contributed by atoms with van der Waals surface area (Å²) in [5.74, 6) is -0.446. The normalized spacial score (nSPS) is 11.8. The standard InChI is InChI=1S/C17H20ClN3O3S/c1-12(2)21(3)25(23,24)14-6-7-16(18)15(9-14)17(22)20-11-13-5-4-8-19-10-13/h4-10,12H,11H2,1-3H3,(H,20,22). The minimum absolute atomic E-state index is 0.0274. The maximum Gasteiger partial charge on any atom is 0.253 e. The van der Waals surface area contributed by atoms with Gasteiger partial charge in [0.15, 0.2) is 0 Å². The fraction of sp³-hybridized carbons (Fsp3) is 0.294. The van der Waals surface area contributed by atoms with Gasteiger partial charge in [-0.3, -0.25) is 9.78 Å². The van der Waals surface area contributed by atoms with Crippen molar-refractivity contribution in [3.8, 4) is 0 Å². The number of amides is 1. The number of benzene rings is 1. The van der Waals surface area contributed by atoms with Crippen LogP contribution in [0.1, 0.15) is 29.8 Å². The molecule has 0 unspecified atom stereocenters. The summed E-state index contributed by atoms with van der Waals surface area (Å²) in [5.41, 5.74) is 0.944. The van der Waals surface area contributed by atoms with Crippen molar-refractivity contribution < 1.29 is 13.2 Å². The second kappa shape index (κ2) is 7.95. The van der Waals surface area contributed by atoms with Crippen molar-refractivity contribution in [1.29, 1.82) is 0 Å². The first-order chi connectivity index (χ1) is 11.7. The molecular weight excluding hydrogens is 362 g/mol. The number of carbonyl (C=O) groups is 1. The van der Waals surface area contributed by atoms with E-state index in [2.05, 4.69) is 10.3 Å². The first-order valence-electron chi connectivity index (χ1n) is 7.68. The quantitative estimate of drug-likeness (QED) is 0.834. The predicted molar refractivity (Wildman–Crippen MR) is 96.9 cm³/mol. The number of hydrogen-bond acceptors (Lipinski definition) is 4. The van der Waals surface area contributed by atoms with Gasteiger partial charge in [0.1, 0.15) is 0 Å². The molecule has 0 saturated heterocycles. The van der Waals surface area contributed by atoms with Gasteiger partial charge in [0.2, 0.25) is 10.0 Å². The number of halogens is 1. The Bertz CT molecular complexity index is 855. The molecule has 0 fully saturated rings. The Morgan fingerprint density at radius 1 is 1.32 bits per heavy atom. The van der Waals surface area contributed by atoms with Gasteiger partial charge in [-0.1, -0.05) is 17.7 Å². The van der Waals surface area contributed by atoms with Crippen molar-refractivity contribution in [2.75, 3.05) is 7.05 Å². The largest absolute Gasteiger partial charge is 0.348 e. The van der Waals surface area contributed by atoms with E-state index in [0.717, 1.165) is 5.56 Å². The summed E-state index contributed by atoms with van der Waals surface area (Å²) in [4.78, 5) is 16.4. The Balaban J connectivity index is 2.25. The molecule has 0 aliphatic heterocycles. The molecule has 1 amide bonds. The Morgan fingerprint density at radius 3 is 2.64 bits per heavy atom.